The number of benzene rings is 1. The molecule has 0 aliphatic carbocycles. The second-order valence-electron chi connectivity index (χ2n) is 5.41. The molecule has 0 aliphatic rings. The Bertz CT molecular complexity index is 896. The van der Waals surface area contributed by atoms with Crippen LogP contribution in [0.3, 0.4) is 0 Å². The first-order chi connectivity index (χ1) is 12.6. The second-order valence-corrected chi connectivity index (χ2v) is 6.49. The number of carbonyl (C=O) groups excluding carboxylic acids is 1. The van der Waals surface area contributed by atoms with Gasteiger partial charge >= 0.3 is 0 Å². The Kier molecular flexibility index (Phi) is 6.60. The predicted octanol–water partition coefficient (Wildman–Crippen LogP) is 3.54. The van der Waals surface area contributed by atoms with Gasteiger partial charge in [0.1, 0.15) is 34.3 Å². The molecule has 2 N–H and O–H groups in total. The number of nitrogens with two attached hydrogens (primary N) is 1. The van der Waals surface area contributed by atoms with E-state index in [1.807, 2.05) is 12.1 Å². The number of nitrogen functional groups attached to an aromatic ring is 1. The van der Waals surface area contributed by atoms with Gasteiger partial charge in [-0.1, -0.05) is 13.3 Å². The van der Waals surface area contributed by atoms with Crippen LogP contribution in [0.4, 0.5) is 5.82 Å². The molecule has 0 saturated heterocycles. The highest BCUT2D eigenvalue weighted by atomic mass is 32.2. The number of ether oxygens (including phenoxy) is 1. The van der Waals surface area contributed by atoms with E-state index in [2.05, 4.69) is 11.9 Å². The van der Waals surface area contributed by atoms with Gasteiger partial charge in [0, 0.05) is 5.56 Å². The molecule has 1 heterocycles. The molecule has 0 unspecified atom stereocenters. The number of unbranched alkanes of at least 4 members (excludes halogenated alkanes) is 1. The fourth-order valence-electron chi connectivity index (χ4n) is 2.33. The molecule has 7 heteroatoms. The molecule has 0 atom stereocenters. The van der Waals surface area contributed by atoms with Crippen LogP contribution in [0.1, 0.15) is 46.8 Å². The molecule has 26 heavy (non-hydrogen) atoms. The molecule has 0 bridgehead atoms. The molecule has 6 nitrogen and oxygen atoms in total. The number of pyridine rings is 1. The Labute approximate surface area is 156 Å². The van der Waals surface area contributed by atoms with E-state index in [1.165, 1.54) is 18.9 Å². The summed E-state index contributed by atoms with van der Waals surface area (Å²) in [5.41, 5.74) is 6.27. The van der Waals surface area contributed by atoms with E-state index in [-0.39, 0.29) is 22.5 Å². The normalized spacial score (nSPS) is 10.0. The van der Waals surface area contributed by atoms with Crippen molar-refractivity contribution in [2.45, 2.75) is 24.8 Å². The third kappa shape index (κ3) is 3.96. The van der Waals surface area contributed by atoms with Crippen LogP contribution in [0.25, 0.3) is 0 Å². The molecule has 0 spiro atoms. The summed E-state index contributed by atoms with van der Waals surface area (Å²) in [5.74, 6) is 0.877. The minimum absolute atomic E-state index is 0.00617. The molecule has 0 saturated carbocycles. The molecular formula is C19H18N4O2S. The van der Waals surface area contributed by atoms with E-state index < -0.39 is 5.78 Å². The predicted molar refractivity (Wildman–Crippen MR) is 100 cm³/mol. The van der Waals surface area contributed by atoms with Crippen molar-refractivity contribution in [3.8, 4) is 17.9 Å². The van der Waals surface area contributed by atoms with Gasteiger partial charge in [-0.3, -0.25) is 4.79 Å². The lowest BCUT2D eigenvalue weighted by Gasteiger charge is -2.12. The Morgan fingerprint density at radius 3 is 2.42 bits per heavy atom. The van der Waals surface area contributed by atoms with Crippen molar-refractivity contribution >= 4 is 23.4 Å². The Balaban J connectivity index is 2.58. The minimum atomic E-state index is -0.438. The monoisotopic (exact) mass is 366 g/mol. The third-order valence-corrected chi connectivity index (χ3v) is 4.79. The zero-order chi connectivity index (χ0) is 19.1. The van der Waals surface area contributed by atoms with Crippen LogP contribution in [-0.2, 0) is 0 Å². The third-order valence-electron chi connectivity index (χ3n) is 3.73. The smallest absolute Gasteiger partial charge is 0.195 e. The lowest BCUT2D eigenvalue weighted by Crippen LogP contribution is -2.12. The molecule has 0 radical (unpaired) electrons. The number of thioether (sulfide) groups is 1. The largest absolute Gasteiger partial charge is 0.497 e. The average molecular weight is 366 g/mol. The SMILES string of the molecule is CCCCSc1nc(N)c(C#N)c(C(=O)c2ccc(OC)cc2)c1C#N. The number of rotatable bonds is 7. The summed E-state index contributed by atoms with van der Waals surface area (Å²) in [5, 5.41) is 19.4. The molecule has 0 amide bonds. The van der Waals surface area contributed by atoms with Crippen molar-refractivity contribution in [2.75, 3.05) is 18.6 Å². The van der Waals surface area contributed by atoms with E-state index in [0.717, 1.165) is 18.6 Å². The summed E-state index contributed by atoms with van der Waals surface area (Å²) < 4.78 is 5.09. The average Bonchev–Trinajstić information content (AvgIpc) is 2.67. The molecule has 0 fully saturated rings. The van der Waals surface area contributed by atoms with Gasteiger partial charge in [0.25, 0.3) is 0 Å². The minimum Gasteiger partial charge on any atom is -0.497 e. The first-order valence-corrected chi connectivity index (χ1v) is 9.01. The standard InChI is InChI=1S/C19H18N4O2S/c1-3-4-9-26-19-15(11-21)16(14(10-20)18(22)23-19)17(24)12-5-7-13(25-2)8-6-12/h5-8H,3-4,9H2,1-2H3,(H2,22,23). The quantitative estimate of drug-likeness (QED) is 0.453. The van der Waals surface area contributed by atoms with Crippen LogP contribution in [0, 0.1) is 22.7 Å². The van der Waals surface area contributed by atoms with Crippen LogP contribution >= 0.6 is 11.8 Å². The summed E-state index contributed by atoms with van der Waals surface area (Å²) in [6.45, 7) is 2.06. The number of hydrogen-bond donors (Lipinski definition) is 1. The van der Waals surface area contributed by atoms with Gasteiger partial charge in [-0.2, -0.15) is 10.5 Å². The van der Waals surface area contributed by atoms with Gasteiger partial charge in [0.2, 0.25) is 0 Å². The fraction of sp³-hybridized carbons (Fsp3) is 0.263. The van der Waals surface area contributed by atoms with Crippen molar-refractivity contribution in [1.29, 1.82) is 10.5 Å². The summed E-state index contributed by atoms with van der Waals surface area (Å²) in [7, 11) is 1.53. The van der Waals surface area contributed by atoms with Gasteiger partial charge < -0.3 is 10.5 Å². The van der Waals surface area contributed by atoms with E-state index in [9.17, 15) is 15.3 Å². The van der Waals surface area contributed by atoms with E-state index >= 15 is 0 Å². The number of anilines is 1. The number of nitriles is 2. The summed E-state index contributed by atoms with van der Waals surface area (Å²) >= 11 is 1.37. The number of ketones is 1. The maximum Gasteiger partial charge on any atom is 0.195 e. The van der Waals surface area contributed by atoms with Crippen molar-refractivity contribution in [3.05, 3.63) is 46.5 Å². The fourth-order valence-corrected chi connectivity index (χ4v) is 3.41. The van der Waals surface area contributed by atoms with Crippen LogP contribution in [-0.4, -0.2) is 23.6 Å². The Hall–Kier alpha value is -3.03. The Morgan fingerprint density at radius 1 is 1.23 bits per heavy atom. The zero-order valence-corrected chi connectivity index (χ0v) is 15.4. The van der Waals surface area contributed by atoms with E-state index in [1.54, 1.807) is 24.3 Å². The van der Waals surface area contributed by atoms with Crippen LogP contribution in [0.5, 0.6) is 5.75 Å². The highest BCUT2D eigenvalue weighted by Crippen LogP contribution is 2.31. The lowest BCUT2D eigenvalue weighted by molar-refractivity contribution is 0.103. The van der Waals surface area contributed by atoms with Crippen LogP contribution in [0.15, 0.2) is 29.3 Å². The molecule has 2 rings (SSSR count). The zero-order valence-electron chi connectivity index (χ0n) is 14.6. The molecule has 0 aliphatic heterocycles. The Morgan fingerprint density at radius 2 is 1.88 bits per heavy atom. The first kappa shape index (κ1) is 19.3. The first-order valence-electron chi connectivity index (χ1n) is 8.02. The number of methoxy groups -OCH3 is 1. The molecular weight excluding hydrogens is 348 g/mol. The number of aromatic nitrogens is 1. The van der Waals surface area contributed by atoms with Crippen molar-refractivity contribution < 1.29 is 9.53 Å². The molecule has 2 aromatic rings. The number of carbonyl (C=O) groups is 1. The maximum absolute atomic E-state index is 13.0. The second kappa shape index (κ2) is 8.89. The van der Waals surface area contributed by atoms with Crippen molar-refractivity contribution in [2.24, 2.45) is 0 Å². The van der Waals surface area contributed by atoms with Crippen molar-refractivity contribution in [1.82, 2.24) is 4.98 Å². The van der Waals surface area contributed by atoms with E-state index in [0.29, 0.717) is 16.3 Å². The van der Waals surface area contributed by atoms with Gasteiger partial charge in [-0.25, -0.2) is 4.98 Å². The number of nitrogens with zero attached hydrogens (tertiary/aromatic N) is 3. The summed E-state index contributed by atoms with van der Waals surface area (Å²) in [6.07, 6.45) is 1.94. The van der Waals surface area contributed by atoms with Gasteiger partial charge in [0.05, 0.1) is 18.2 Å². The highest BCUT2D eigenvalue weighted by Gasteiger charge is 2.25. The topological polar surface area (TPSA) is 113 Å². The van der Waals surface area contributed by atoms with E-state index in [4.69, 9.17) is 10.5 Å². The molecule has 1 aromatic carbocycles. The molecule has 1 aromatic heterocycles. The number of hydrogen-bond acceptors (Lipinski definition) is 7. The summed E-state index contributed by atoms with van der Waals surface area (Å²) in [4.78, 5) is 17.2. The molecule has 132 valence electrons. The van der Waals surface area contributed by atoms with Gasteiger partial charge in [-0.05, 0) is 36.4 Å². The van der Waals surface area contributed by atoms with Crippen LogP contribution in [0.2, 0.25) is 0 Å². The maximum atomic E-state index is 13.0. The van der Waals surface area contributed by atoms with Gasteiger partial charge in [-0.15, -0.1) is 11.8 Å². The van der Waals surface area contributed by atoms with Crippen LogP contribution < -0.4 is 10.5 Å². The van der Waals surface area contributed by atoms with Gasteiger partial charge in [0.15, 0.2) is 5.78 Å². The highest BCUT2D eigenvalue weighted by molar-refractivity contribution is 7.99. The summed E-state index contributed by atoms with van der Waals surface area (Å²) in [6, 6.07) is 10.4. The van der Waals surface area contributed by atoms with Crippen molar-refractivity contribution in [3.63, 3.8) is 0 Å². The lowest BCUT2D eigenvalue weighted by atomic mass is 9.96.